The highest BCUT2D eigenvalue weighted by Gasteiger charge is 2.20. The average molecular weight is 338 g/mol. The first-order valence-electron chi connectivity index (χ1n) is 6.09. The van der Waals surface area contributed by atoms with Crippen LogP contribution in [0.1, 0.15) is 37.6 Å². The molecule has 4 nitrogen and oxygen atoms in total. The summed E-state index contributed by atoms with van der Waals surface area (Å²) in [6.45, 7) is 6.59. The topological polar surface area (TPSA) is 63.2 Å². The predicted molar refractivity (Wildman–Crippen MR) is 80.9 cm³/mol. The molecule has 0 radical (unpaired) electrons. The molecule has 0 fully saturated rings. The van der Waals surface area contributed by atoms with Crippen LogP contribution in [0.15, 0.2) is 23.1 Å². The van der Waals surface area contributed by atoms with Gasteiger partial charge < -0.3 is 5.32 Å². The highest BCUT2D eigenvalue weighted by atomic mass is 35.7. The second kappa shape index (κ2) is 6.33. The zero-order valence-corrected chi connectivity index (χ0v) is 13.9. The molecule has 1 rings (SSSR count). The first-order chi connectivity index (χ1) is 9.07. The van der Waals surface area contributed by atoms with E-state index in [4.69, 9.17) is 22.3 Å². The SMILES string of the molecule is CCC(C)(C)CNC(=O)c1ccc(Cl)c(S(=O)(=O)Cl)c1. The van der Waals surface area contributed by atoms with Crippen molar-refractivity contribution in [2.75, 3.05) is 6.54 Å². The van der Waals surface area contributed by atoms with E-state index in [9.17, 15) is 13.2 Å². The Morgan fingerprint density at radius 2 is 1.95 bits per heavy atom. The van der Waals surface area contributed by atoms with Crippen molar-refractivity contribution in [2.24, 2.45) is 5.41 Å². The minimum absolute atomic E-state index is 0.00885. The summed E-state index contributed by atoms with van der Waals surface area (Å²) >= 11 is 5.76. The number of hydrogen-bond donors (Lipinski definition) is 1. The van der Waals surface area contributed by atoms with Gasteiger partial charge in [-0.3, -0.25) is 4.79 Å². The first-order valence-corrected chi connectivity index (χ1v) is 8.78. The van der Waals surface area contributed by atoms with Gasteiger partial charge in [0, 0.05) is 22.8 Å². The van der Waals surface area contributed by atoms with Crippen molar-refractivity contribution in [2.45, 2.75) is 32.1 Å². The van der Waals surface area contributed by atoms with Gasteiger partial charge in [0.15, 0.2) is 0 Å². The Balaban J connectivity index is 2.96. The van der Waals surface area contributed by atoms with Gasteiger partial charge >= 0.3 is 0 Å². The molecule has 1 amide bonds. The van der Waals surface area contributed by atoms with Gasteiger partial charge in [0.2, 0.25) is 0 Å². The minimum atomic E-state index is -3.98. The third-order valence-corrected chi connectivity index (χ3v) is 4.94. The minimum Gasteiger partial charge on any atom is -0.352 e. The summed E-state index contributed by atoms with van der Waals surface area (Å²) in [6, 6.07) is 3.98. The molecule has 0 aliphatic carbocycles. The normalized spacial score (nSPS) is 12.2. The summed E-state index contributed by atoms with van der Waals surface area (Å²) in [4.78, 5) is 11.7. The van der Waals surface area contributed by atoms with E-state index >= 15 is 0 Å². The van der Waals surface area contributed by atoms with Crippen LogP contribution in [0.4, 0.5) is 0 Å². The van der Waals surface area contributed by atoms with Crippen molar-refractivity contribution >= 4 is 37.2 Å². The molecule has 0 aromatic heterocycles. The Labute approximate surface area is 128 Å². The molecule has 0 aliphatic heterocycles. The zero-order valence-electron chi connectivity index (χ0n) is 11.5. The summed E-state index contributed by atoms with van der Waals surface area (Å²) < 4.78 is 22.7. The molecular formula is C13H17Cl2NO3S. The summed E-state index contributed by atoms with van der Waals surface area (Å²) in [5, 5.41) is 2.76. The molecule has 0 unspecified atom stereocenters. The molecule has 0 spiro atoms. The molecule has 1 aromatic rings. The van der Waals surface area contributed by atoms with E-state index < -0.39 is 9.05 Å². The fourth-order valence-electron chi connectivity index (χ4n) is 1.38. The monoisotopic (exact) mass is 337 g/mol. The third kappa shape index (κ3) is 4.65. The van der Waals surface area contributed by atoms with Gasteiger partial charge in [0.1, 0.15) is 4.90 Å². The summed E-state index contributed by atoms with van der Waals surface area (Å²) in [7, 11) is 1.29. The van der Waals surface area contributed by atoms with Gasteiger partial charge in [-0.1, -0.05) is 32.4 Å². The van der Waals surface area contributed by atoms with Crippen molar-refractivity contribution in [3.63, 3.8) is 0 Å². The molecule has 20 heavy (non-hydrogen) atoms. The van der Waals surface area contributed by atoms with Crippen LogP contribution in [-0.4, -0.2) is 20.9 Å². The van der Waals surface area contributed by atoms with Crippen LogP contribution in [0.5, 0.6) is 0 Å². The highest BCUT2D eigenvalue weighted by Crippen LogP contribution is 2.26. The van der Waals surface area contributed by atoms with Gasteiger partial charge in [-0.15, -0.1) is 0 Å². The molecular weight excluding hydrogens is 321 g/mol. The van der Waals surface area contributed by atoms with Crippen LogP contribution in [0.25, 0.3) is 0 Å². The lowest BCUT2D eigenvalue weighted by molar-refractivity contribution is 0.0935. The standard InChI is InChI=1S/C13H17Cl2NO3S/c1-4-13(2,3)8-16-12(17)9-5-6-10(14)11(7-9)20(15,18)19/h5-7H,4,8H2,1-3H3,(H,16,17). The highest BCUT2D eigenvalue weighted by molar-refractivity contribution is 8.13. The van der Waals surface area contributed by atoms with Crippen molar-refractivity contribution in [3.05, 3.63) is 28.8 Å². The van der Waals surface area contributed by atoms with Gasteiger partial charge in [0.25, 0.3) is 15.0 Å². The quantitative estimate of drug-likeness (QED) is 0.837. The second-order valence-corrected chi connectivity index (χ2v) is 8.23. The average Bonchev–Trinajstić information content (AvgIpc) is 2.35. The molecule has 112 valence electrons. The molecule has 0 atom stereocenters. The van der Waals surface area contributed by atoms with Crippen molar-refractivity contribution < 1.29 is 13.2 Å². The Bertz CT molecular complexity index is 612. The maximum Gasteiger partial charge on any atom is 0.262 e. The molecule has 0 saturated carbocycles. The molecule has 0 aliphatic rings. The van der Waals surface area contributed by atoms with Gasteiger partial charge in [0.05, 0.1) is 5.02 Å². The number of carbonyl (C=O) groups excluding carboxylic acids is 1. The molecule has 0 saturated heterocycles. The maximum atomic E-state index is 12.0. The molecule has 0 bridgehead atoms. The lowest BCUT2D eigenvalue weighted by atomic mass is 9.90. The Morgan fingerprint density at radius 3 is 2.45 bits per heavy atom. The molecule has 0 heterocycles. The van der Waals surface area contributed by atoms with Crippen LogP contribution in [0.3, 0.4) is 0 Å². The number of halogens is 2. The Hall–Kier alpha value is -0.780. The number of amides is 1. The van der Waals surface area contributed by atoms with Crippen LogP contribution in [-0.2, 0) is 9.05 Å². The lowest BCUT2D eigenvalue weighted by Gasteiger charge is -2.22. The van der Waals surface area contributed by atoms with E-state index in [0.717, 1.165) is 6.42 Å². The smallest absolute Gasteiger partial charge is 0.262 e. The van der Waals surface area contributed by atoms with Crippen LogP contribution >= 0.6 is 22.3 Å². The third-order valence-electron chi connectivity index (χ3n) is 3.14. The Kier molecular flexibility index (Phi) is 5.46. The van der Waals surface area contributed by atoms with Gasteiger partial charge in [-0.2, -0.15) is 0 Å². The van der Waals surface area contributed by atoms with E-state index in [0.29, 0.717) is 6.54 Å². The van der Waals surface area contributed by atoms with E-state index in [2.05, 4.69) is 5.32 Å². The van der Waals surface area contributed by atoms with Crippen LogP contribution in [0, 0.1) is 5.41 Å². The predicted octanol–water partition coefficient (Wildman–Crippen LogP) is 3.43. The summed E-state index contributed by atoms with van der Waals surface area (Å²) in [5.74, 6) is -0.357. The largest absolute Gasteiger partial charge is 0.352 e. The number of nitrogens with one attached hydrogen (secondary N) is 1. The van der Waals surface area contributed by atoms with Gasteiger partial charge in [-0.05, 0) is 30.0 Å². The Morgan fingerprint density at radius 1 is 1.35 bits per heavy atom. The lowest BCUT2D eigenvalue weighted by Crippen LogP contribution is -2.33. The fourth-order valence-corrected chi connectivity index (χ4v) is 2.87. The first kappa shape index (κ1) is 17.3. The molecule has 1 aromatic carbocycles. The molecule has 1 N–H and O–H groups in total. The zero-order chi connectivity index (χ0) is 15.6. The summed E-state index contributed by atoms with van der Waals surface area (Å²) in [5.41, 5.74) is 0.184. The van der Waals surface area contributed by atoms with Crippen molar-refractivity contribution in [3.8, 4) is 0 Å². The summed E-state index contributed by atoms with van der Waals surface area (Å²) in [6.07, 6.45) is 0.912. The van der Waals surface area contributed by atoms with Crippen LogP contribution in [0.2, 0.25) is 5.02 Å². The van der Waals surface area contributed by atoms with E-state index in [1.807, 2.05) is 20.8 Å². The second-order valence-electron chi connectivity index (χ2n) is 5.28. The molecule has 7 heteroatoms. The number of benzene rings is 1. The van der Waals surface area contributed by atoms with Crippen molar-refractivity contribution in [1.29, 1.82) is 0 Å². The number of rotatable bonds is 5. The van der Waals surface area contributed by atoms with Crippen LogP contribution < -0.4 is 5.32 Å². The van der Waals surface area contributed by atoms with E-state index in [-0.39, 0.29) is 26.8 Å². The van der Waals surface area contributed by atoms with Crippen molar-refractivity contribution in [1.82, 2.24) is 5.32 Å². The fraction of sp³-hybridized carbons (Fsp3) is 0.462. The van der Waals surface area contributed by atoms with E-state index in [1.165, 1.54) is 18.2 Å². The van der Waals surface area contributed by atoms with Gasteiger partial charge in [-0.25, -0.2) is 8.42 Å². The number of carbonyl (C=O) groups is 1. The van der Waals surface area contributed by atoms with E-state index in [1.54, 1.807) is 0 Å². The number of hydrogen-bond acceptors (Lipinski definition) is 3. The maximum absolute atomic E-state index is 12.0.